The van der Waals surface area contributed by atoms with Gasteiger partial charge in [-0.05, 0) is 24.6 Å². The second-order valence-electron chi connectivity index (χ2n) is 8.35. The number of hydrogen-bond donors (Lipinski definition) is 1. The van der Waals surface area contributed by atoms with Crippen LogP contribution in [0.15, 0.2) is 42.9 Å². The van der Waals surface area contributed by atoms with Gasteiger partial charge in [0.2, 0.25) is 5.91 Å². The smallest absolute Gasteiger partial charge is 0.241 e. The van der Waals surface area contributed by atoms with Crippen LogP contribution < -0.4 is 5.32 Å². The monoisotopic (exact) mass is 393 g/mol. The molecule has 1 unspecified atom stereocenters. The molecule has 6 nitrogen and oxygen atoms in total. The zero-order chi connectivity index (χ0) is 20.3. The predicted molar refractivity (Wildman–Crippen MR) is 114 cm³/mol. The lowest BCUT2D eigenvalue weighted by Gasteiger charge is -2.45. The van der Waals surface area contributed by atoms with Crippen LogP contribution in [-0.4, -0.2) is 70.0 Å². The Bertz CT molecular complexity index is 807. The molecule has 1 aliphatic heterocycles. The van der Waals surface area contributed by atoms with Crippen LogP contribution in [0, 0.1) is 0 Å². The SMILES string of the molecule is CCN1CCN(C2(C(=O)NC(C)Cc3cnccn3)Cc3ccccc3C2)CC1. The lowest BCUT2D eigenvalue weighted by atomic mass is 9.90. The van der Waals surface area contributed by atoms with E-state index in [0.717, 1.165) is 51.3 Å². The fourth-order valence-electron chi connectivity index (χ4n) is 4.77. The van der Waals surface area contributed by atoms with Crippen molar-refractivity contribution in [3.8, 4) is 0 Å². The second-order valence-corrected chi connectivity index (χ2v) is 8.35. The Morgan fingerprint density at radius 2 is 1.83 bits per heavy atom. The van der Waals surface area contributed by atoms with Crippen molar-refractivity contribution in [2.24, 2.45) is 0 Å². The van der Waals surface area contributed by atoms with E-state index in [0.29, 0.717) is 6.42 Å². The number of piperazine rings is 1. The summed E-state index contributed by atoms with van der Waals surface area (Å²) in [4.78, 5) is 27.1. The Balaban J connectivity index is 1.52. The van der Waals surface area contributed by atoms with Crippen LogP contribution >= 0.6 is 0 Å². The Hall–Kier alpha value is -2.31. The number of hydrogen-bond acceptors (Lipinski definition) is 5. The van der Waals surface area contributed by atoms with E-state index >= 15 is 0 Å². The van der Waals surface area contributed by atoms with Crippen LogP contribution in [0.3, 0.4) is 0 Å². The van der Waals surface area contributed by atoms with Gasteiger partial charge in [-0.25, -0.2) is 0 Å². The first-order chi connectivity index (χ1) is 14.1. The fourth-order valence-corrected chi connectivity index (χ4v) is 4.77. The highest BCUT2D eigenvalue weighted by Crippen LogP contribution is 2.36. The van der Waals surface area contributed by atoms with E-state index in [2.05, 4.69) is 63.2 Å². The minimum atomic E-state index is -0.486. The summed E-state index contributed by atoms with van der Waals surface area (Å²) < 4.78 is 0. The van der Waals surface area contributed by atoms with E-state index < -0.39 is 5.54 Å². The zero-order valence-corrected chi connectivity index (χ0v) is 17.5. The maximum Gasteiger partial charge on any atom is 0.241 e. The maximum absolute atomic E-state index is 13.7. The highest BCUT2D eigenvalue weighted by atomic mass is 16.2. The molecule has 4 rings (SSSR count). The molecule has 1 N–H and O–H groups in total. The molecule has 1 amide bonds. The summed E-state index contributed by atoms with van der Waals surface area (Å²) in [6.45, 7) is 9.26. The molecule has 154 valence electrons. The molecule has 2 aromatic rings. The molecule has 29 heavy (non-hydrogen) atoms. The predicted octanol–water partition coefficient (Wildman–Crippen LogP) is 1.70. The number of nitrogens with zero attached hydrogens (tertiary/aromatic N) is 4. The molecular weight excluding hydrogens is 362 g/mol. The third kappa shape index (κ3) is 4.19. The number of amides is 1. The number of aromatic nitrogens is 2. The molecule has 1 atom stereocenters. The standard InChI is InChI=1S/C23H31N5O/c1-3-27-10-12-28(13-11-27)23(15-19-6-4-5-7-20(19)16-23)22(29)26-18(2)14-21-17-24-8-9-25-21/h4-9,17-18H,3,10-16H2,1-2H3,(H,26,29). The largest absolute Gasteiger partial charge is 0.352 e. The van der Waals surface area contributed by atoms with Crippen molar-refractivity contribution in [3.63, 3.8) is 0 Å². The third-order valence-corrected chi connectivity index (χ3v) is 6.44. The molecule has 0 saturated carbocycles. The van der Waals surface area contributed by atoms with E-state index in [1.165, 1.54) is 11.1 Å². The van der Waals surface area contributed by atoms with Crippen LogP contribution in [0.2, 0.25) is 0 Å². The molecule has 2 aliphatic rings. The Morgan fingerprint density at radius 3 is 2.41 bits per heavy atom. The minimum Gasteiger partial charge on any atom is -0.352 e. The van der Waals surface area contributed by atoms with Crippen molar-refractivity contribution in [3.05, 3.63) is 59.7 Å². The first-order valence-corrected chi connectivity index (χ1v) is 10.7. The van der Waals surface area contributed by atoms with Crippen molar-refractivity contribution in [1.82, 2.24) is 25.1 Å². The van der Waals surface area contributed by atoms with Gasteiger partial charge in [-0.2, -0.15) is 0 Å². The molecule has 1 aromatic heterocycles. The topological polar surface area (TPSA) is 61.4 Å². The van der Waals surface area contributed by atoms with Gasteiger partial charge in [-0.3, -0.25) is 19.7 Å². The molecule has 0 radical (unpaired) electrons. The summed E-state index contributed by atoms with van der Waals surface area (Å²) in [7, 11) is 0. The van der Waals surface area contributed by atoms with Gasteiger partial charge in [0, 0.05) is 70.1 Å². The van der Waals surface area contributed by atoms with Gasteiger partial charge >= 0.3 is 0 Å². The molecule has 0 bridgehead atoms. The number of rotatable bonds is 6. The van der Waals surface area contributed by atoms with E-state index in [9.17, 15) is 4.79 Å². The quantitative estimate of drug-likeness (QED) is 0.809. The van der Waals surface area contributed by atoms with Gasteiger partial charge < -0.3 is 10.2 Å². The Kier molecular flexibility index (Phi) is 5.92. The molecule has 0 spiro atoms. The van der Waals surface area contributed by atoms with E-state index in [1.54, 1.807) is 18.6 Å². The molecular formula is C23H31N5O. The molecule has 6 heteroatoms. The number of benzene rings is 1. The summed E-state index contributed by atoms with van der Waals surface area (Å²) in [6, 6.07) is 8.53. The minimum absolute atomic E-state index is 0.0109. The molecule has 1 fully saturated rings. The van der Waals surface area contributed by atoms with Crippen LogP contribution in [0.25, 0.3) is 0 Å². The lowest BCUT2D eigenvalue weighted by Crippen LogP contribution is -2.65. The first kappa shape index (κ1) is 20.0. The fraction of sp³-hybridized carbons (Fsp3) is 0.522. The Morgan fingerprint density at radius 1 is 1.14 bits per heavy atom. The molecule has 1 aliphatic carbocycles. The van der Waals surface area contributed by atoms with Gasteiger partial charge in [0.05, 0.1) is 5.69 Å². The normalized spacial score (nSPS) is 20.2. The van der Waals surface area contributed by atoms with Crippen LogP contribution in [0.4, 0.5) is 0 Å². The van der Waals surface area contributed by atoms with Crippen molar-refractivity contribution in [2.75, 3.05) is 32.7 Å². The van der Waals surface area contributed by atoms with Crippen LogP contribution in [0.5, 0.6) is 0 Å². The average Bonchev–Trinajstić information content (AvgIpc) is 3.15. The van der Waals surface area contributed by atoms with Crippen molar-refractivity contribution in [1.29, 1.82) is 0 Å². The molecule has 1 saturated heterocycles. The highest BCUT2D eigenvalue weighted by molar-refractivity contribution is 5.88. The van der Waals surface area contributed by atoms with Gasteiger partial charge in [0.1, 0.15) is 5.54 Å². The Labute approximate surface area is 173 Å². The number of nitrogens with one attached hydrogen (secondary N) is 1. The first-order valence-electron chi connectivity index (χ1n) is 10.7. The molecule has 2 heterocycles. The van der Waals surface area contributed by atoms with Crippen LogP contribution in [-0.2, 0) is 24.1 Å². The van der Waals surface area contributed by atoms with Crippen molar-refractivity contribution in [2.45, 2.75) is 44.7 Å². The number of carbonyl (C=O) groups is 1. The van der Waals surface area contributed by atoms with Crippen molar-refractivity contribution < 1.29 is 4.79 Å². The number of likely N-dealkylation sites (N-methyl/N-ethyl adjacent to an activating group) is 1. The van der Waals surface area contributed by atoms with Gasteiger partial charge in [-0.1, -0.05) is 31.2 Å². The summed E-state index contributed by atoms with van der Waals surface area (Å²) in [5, 5.41) is 3.31. The second kappa shape index (κ2) is 8.59. The summed E-state index contributed by atoms with van der Waals surface area (Å²) in [6.07, 6.45) is 7.41. The molecule has 1 aromatic carbocycles. The average molecular weight is 394 g/mol. The van der Waals surface area contributed by atoms with Gasteiger partial charge in [0.15, 0.2) is 0 Å². The zero-order valence-electron chi connectivity index (χ0n) is 17.5. The highest BCUT2D eigenvalue weighted by Gasteiger charge is 2.49. The van der Waals surface area contributed by atoms with E-state index in [-0.39, 0.29) is 11.9 Å². The maximum atomic E-state index is 13.7. The van der Waals surface area contributed by atoms with E-state index in [4.69, 9.17) is 0 Å². The van der Waals surface area contributed by atoms with Gasteiger partial charge in [-0.15, -0.1) is 0 Å². The number of carbonyl (C=O) groups excluding carboxylic acids is 1. The summed E-state index contributed by atoms with van der Waals surface area (Å²) in [5.41, 5.74) is 3.03. The van der Waals surface area contributed by atoms with E-state index in [1.807, 2.05) is 0 Å². The van der Waals surface area contributed by atoms with Gasteiger partial charge in [0.25, 0.3) is 0 Å². The lowest BCUT2D eigenvalue weighted by molar-refractivity contribution is -0.135. The van der Waals surface area contributed by atoms with Crippen LogP contribution in [0.1, 0.15) is 30.7 Å². The van der Waals surface area contributed by atoms with Crippen molar-refractivity contribution >= 4 is 5.91 Å². The summed E-state index contributed by atoms with van der Waals surface area (Å²) in [5.74, 6) is 0.148. The number of fused-ring (bicyclic) bond motifs is 1. The summed E-state index contributed by atoms with van der Waals surface area (Å²) >= 11 is 0. The third-order valence-electron chi connectivity index (χ3n) is 6.44.